The fourth-order valence-electron chi connectivity index (χ4n) is 3.95. The summed E-state index contributed by atoms with van der Waals surface area (Å²) in [7, 11) is 0. The van der Waals surface area contributed by atoms with Crippen molar-refractivity contribution >= 4 is 0 Å². The zero-order valence-electron chi connectivity index (χ0n) is 12.9. The van der Waals surface area contributed by atoms with E-state index in [0.29, 0.717) is 11.6 Å². The van der Waals surface area contributed by atoms with E-state index >= 15 is 0 Å². The van der Waals surface area contributed by atoms with Crippen LogP contribution in [-0.4, -0.2) is 39.6 Å². The van der Waals surface area contributed by atoms with Crippen LogP contribution in [0.5, 0.6) is 0 Å². The average Bonchev–Trinajstić information content (AvgIpc) is 2.91. The highest BCUT2D eigenvalue weighted by Crippen LogP contribution is 2.35. The van der Waals surface area contributed by atoms with Crippen molar-refractivity contribution in [3.63, 3.8) is 0 Å². The van der Waals surface area contributed by atoms with Crippen LogP contribution in [0.2, 0.25) is 0 Å². The Kier molecular flexibility index (Phi) is 4.13. The van der Waals surface area contributed by atoms with Gasteiger partial charge in [-0.25, -0.2) is 4.98 Å². The van der Waals surface area contributed by atoms with Crippen molar-refractivity contribution in [2.75, 3.05) is 19.6 Å². The van der Waals surface area contributed by atoms with Crippen molar-refractivity contribution in [3.05, 3.63) is 18.2 Å². The van der Waals surface area contributed by atoms with Gasteiger partial charge in [0.05, 0.1) is 12.0 Å². The molecule has 112 valence electrons. The van der Waals surface area contributed by atoms with E-state index in [-0.39, 0.29) is 0 Å². The van der Waals surface area contributed by atoms with Crippen LogP contribution in [0.3, 0.4) is 0 Å². The van der Waals surface area contributed by atoms with Gasteiger partial charge in [0.1, 0.15) is 0 Å². The molecule has 20 heavy (non-hydrogen) atoms. The van der Waals surface area contributed by atoms with Gasteiger partial charge in [-0.2, -0.15) is 0 Å². The molecule has 2 fully saturated rings. The highest BCUT2D eigenvalue weighted by molar-refractivity contribution is 5.05. The van der Waals surface area contributed by atoms with Crippen molar-refractivity contribution in [1.82, 2.24) is 19.8 Å². The number of imidazole rings is 1. The van der Waals surface area contributed by atoms with Crippen molar-refractivity contribution in [3.8, 4) is 0 Å². The molecule has 4 nitrogen and oxygen atoms in total. The average molecular weight is 276 g/mol. The first kappa shape index (κ1) is 14.1. The summed E-state index contributed by atoms with van der Waals surface area (Å²) in [5, 5.41) is 3.63. The molecule has 0 amide bonds. The van der Waals surface area contributed by atoms with Crippen molar-refractivity contribution in [1.29, 1.82) is 0 Å². The first-order chi connectivity index (χ1) is 9.71. The largest absolute Gasteiger partial charge is 0.331 e. The SMILES string of the molecule is CC(C)n1cncc1CN1CCNCC12CCCCC2. The number of piperazine rings is 1. The lowest BCUT2D eigenvalue weighted by molar-refractivity contribution is 0.0190. The molecule has 1 aromatic heterocycles. The van der Waals surface area contributed by atoms with Gasteiger partial charge in [-0.15, -0.1) is 0 Å². The number of nitrogens with one attached hydrogen (secondary N) is 1. The Bertz CT molecular complexity index is 423. The third-order valence-corrected chi connectivity index (χ3v) is 5.12. The normalized spacial score (nSPS) is 23.6. The van der Waals surface area contributed by atoms with Gasteiger partial charge in [-0.1, -0.05) is 19.3 Å². The summed E-state index contributed by atoms with van der Waals surface area (Å²) in [6.45, 7) is 8.99. The number of rotatable bonds is 3. The molecule has 1 saturated carbocycles. The van der Waals surface area contributed by atoms with Crippen molar-refractivity contribution < 1.29 is 0 Å². The van der Waals surface area contributed by atoms with Gasteiger partial charge in [0.15, 0.2) is 0 Å². The van der Waals surface area contributed by atoms with Crippen molar-refractivity contribution in [2.24, 2.45) is 0 Å². The van der Waals surface area contributed by atoms with Crippen LogP contribution < -0.4 is 5.32 Å². The highest BCUT2D eigenvalue weighted by atomic mass is 15.3. The van der Waals surface area contributed by atoms with Crippen LogP contribution in [0, 0.1) is 0 Å². The second kappa shape index (κ2) is 5.86. The van der Waals surface area contributed by atoms with E-state index in [1.165, 1.54) is 50.9 Å². The maximum absolute atomic E-state index is 4.36. The number of hydrogen-bond donors (Lipinski definition) is 1. The molecule has 1 aromatic rings. The third kappa shape index (κ3) is 2.63. The van der Waals surface area contributed by atoms with E-state index in [9.17, 15) is 0 Å². The molecule has 0 unspecified atom stereocenters. The molecule has 0 atom stereocenters. The fourth-order valence-corrected chi connectivity index (χ4v) is 3.95. The Hall–Kier alpha value is -0.870. The molecule has 1 spiro atoms. The van der Waals surface area contributed by atoms with Crippen LogP contribution >= 0.6 is 0 Å². The lowest BCUT2D eigenvalue weighted by Gasteiger charge is -2.50. The first-order valence-electron chi connectivity index (χ1n) is 8.18. The Labute approximate surface area is 122 Å². The van der Waals surface area contributed by atoms with Crippen LogP contribution in [0.15, 0.2) is 12.5 Å². The summed E-state index contributed by atoms with van der Waals surface area (Å²) >= 11 is 0. The van der Waals surface area contributed by atoms with Crippen LogP contribution in [0.4, 0.5) is 0 Å². The summed E-state index contributed by atoms with van der Waals surface area (Å²) < 4.78 is 2.32. The van der Waals surface area contributed by atoms with E-state index in [2.05, 4.69) is 39.8 Å². The molecular weight excluding hydrogens is 248 g/mol. The summed E-state index contributed by atoms with van der Waals surface area (Å²) in [6.07, 6.45) is 10.9. The maximum Gasteiger partial charge on any atom is 0.0951 e. The molecule has 2 aliphatic rings. The minimum absolute atomic E-state index is 0.405. The summed E-state index contributed by atoms with van der Waals surface area (Å²) in [4.78, 5) is 7.10. The molecule has 0 aromatic carbocycles. The van der Waals surface area contributed by atoms with Gasteiger partial charge >= 0.3 is 0 Å². The smallest absolute Gasteiger partial charge is 0.0951 e. The molecule has 3 rings (SSSR count). The van der Waals surface area contributed by atoms with Crippen LogP contribution in [0.1, 0.15) is 57.7 Å². The molecule has 2 heterocycles. The lowest BCUT2D eigenvalue weighted by Crippen LogP contribution is -2.61. The summed E-state index contributed by atoms with van der Waals surface area (Å²) in [5.41, 5.74) is 1.77. The topological polar surface area (TPSA) is 33.1 Å². The molecule has 1 aliphatic heterocycles. The van der Waals surface area contributed by atoms with Gasteiger partial charge in [-0.05, 0) is 26.7 Å². The second-order valence-electron chi connectivity index (χ2n) is 6.77. The van der Waals surface area contributed by atoms with Gasteiger partial charge in [0, 0.05) is 44.0 Å². The predicted octanol–water partition coefficient (Wildman–Crippen LogP) is 2.57. The van der Waals surface area contributed by atoms with E-state index in [1.807, 2.05) is 6.33 Å². The maximum atomic E-state index is 4.36. The Morgan fingerprint density at radius 2 is 2.10 bits per heavy atom. The second-order valence-corrected chi connectivity index (χ2v) is 6.77. The quantitative estimate of drug-likeness (QED) is 0.921. The number of aromatic nitrogens is 2. The number of hydrogen-bond acceptors (Lipinski definition) is 3. The third-order valence-electron chi connectivity index (χ3n) is 5.12. The van der Waals surface area contributed by atoms with Crippen molar-refractivity contribution in [2.45, 2.75) is 64.1 Å². The molecule has 1 aliphatic carbocycles. The van der Waals surface area contributed by atoms with Crippen LogP contribution in [0.25, 0.3) is 0 Å². The van der Waals surface area contributed by atoms with Gasteiger partial charge in [0.25, 0.3) is 0 Å². The van der Waals surface area contributed by atoms with Gasteiger partial charge in [0.2, 0.25) is 0 Å². The first-order valence-corrected chi connectivity index (χ1v) is 8.18. The van der Waals surface area contributed by atoms with Crippen LogP contribution in [-0.2, 0) is 6.54 Å². The van der Waals surface area contributed by atoms with E-state index < -0.39 is 0 Å². The number of nitrogens with zero attached hydrogens (tertiary/aromatic N) is 3. The molecular formula is C16H28N4. The zero-order chi connectivity index (χ0) is 14.0. The monoisotopic (exact) mass is 276 g/mol. The molecule has 0 radical (unpaired) electrons. The Morgan fingerprint density at radius 1 is 1.30 bits per heavy atom. The molecule has 4 heteroatoms. The Balaban J connectivity index is 1.78. The minimum atomic E-state index is 0.405. The van der Waals surface area contributed by atoms with E-state index in [0.717, 1.165) is 13.1 Å². The predicted molar refractivity (Wildman–Crippen MR) is 81.7 cm³/mol. The van der Waals surface area contributed by atoms with E-state index in [1.54, 1.807) is 0 Å². The zero-order valence-corrected chi connectivity index (χ0v) is 12.9. The van der Waals surface area contributed by atoms with Gasteiger partial charge < -0.3 is 9.88 Å². The summed E-state index contributed by atoms with van der Waals surface area (Å²) in [6, 6.07) is 0.498. The molecule has 1 N–H and O–H groups in total. The summed E-state index contributed by atoms with van der Waals surface area (Å²) in [5.74, 6) is 0. The van der Waals surface area contributed by atoms with E-state index in [4.69, 9.17) is 0 Å². The molecule has 1 saturated heterocycles. The lowest BCUT2D eigenvalue weighted by atomic mass is 9.79. The highest BCUT2D eigenvalue weighted by Gasteiger charge is 2.39. The molecule has 0 bridgehead atoms. The van der Waals surface area contributed by atoms with Gasteiger partial charge in [-0.3, -0.25) is 4.90 Å². The standard InChI is InChI=1S/C16H28N4/c1-14(2)20-13-18-10-15(20)11-19-9-8-17-12-16(19)6-4-3-5-7-16/h10,13-14,17H,3-9,11-12H2,1-2H3. The Morgan fingerprint density at radius 3 is 2.85 bits per heavy atom. The minimum Gasteiger partial charge on any atom is -0.331 e. The fraction of sp³-hybridized carbons (Fsp3) is 0.812.